The van der Waals surface area contributed by atoms with E-state index in [1.54, 1.807) is 6.20 Å². The average molecular weight is 275 g/mol. The third-order valence-electron chi connectivity index (χ3n) is 3.99. The molecule has 102 valence electrons. The molecule has 1 aliphatic rings. The van der Waals surface area contributed by atoms with E-state index in [2.05, 4.69) is 16.3 Å². The summed E-state index contributed by atoms with van der Waals surface area (Å²) >= 11 is 0. The SMILES string of the molecule is N#Cc1ccc2c(c1)CCC2Oc1ccc2cn[nH]c2c1. The Balaban J connectivity index is 1.63. The molecule has 4 heteroatoms. The zero-order chi connectivity index (χ0) is 14.2. The van der Waals surface area contributed by atoms with E-state index in [1.165, 1.54) is 11.1 Å². The standard InChI is InChI=1S/C17H13N3O/c18-9-11-1-5-15-12(7-11)3-6-17(15)21-14-4-2-13-10-19-20-16(13)8-14/h1-2,4-5,7-8,10,17H,3,6H2,(H,19,20). The molecule has 21 heavy (non-hydrogen) atoms. The van der Waals surface area contributed by atoms with Gasteiger partial charge in [0.1, 0.15) is 11.9 Å². The second kappa shape index (κ2) is 4.64. The van der Waals surface area contributed by atoms with Crippen LogP contribution in [0.25, 0.3) is 10.9 Å². The third-order valence-corrected chi connectivity index (χ3v) is 3.99. The number of ether oxygens (including phenoxy) is 1. The van der Waals surface area contributed by atoms with Gasteiger partial charge in [-0.2, -0.15) is 10.4 Å². The molecule has 4 rings (SSSR count). The van der Waals surface area contributed by atoms with E-state index < -0.39 is 0 Å². The lowest BCUT2D eigenvalue weighted by Gasteiger charge is -2.15. The highest BCUT2D eigenvalue weighted by molar-refractivity contribution is 5.79. The first-order valence-electron chi connectivity index (χ1n) is 6.96. The van der Waals surface area contributed by atoms with Crippen molar-refractivity contribution in [1.82, 2.24) is 10.2 Å². The van der Waals surface area contributed by atoms with Crippen LogP contribution in [0.4, 0.5) is 0 Å². The quantitative estimate of drug-likeness (QED) is 0.778. The highest BCUT2D eigenvalue weighted by Crippen LogP contribution is 2.35. The van der Waals surface area contributed by atoms with Crippen LogP contribution in [0.15, 0.2) is 42.6 Å². The number of hydrogen-bond acceptors (Lipinski definition) is 3. The molecular weight excluding hydrogens is 262 g/mol. The number of fused-ring (bicyclic) bond motifs is 2. The summed E-state index contributed by atoms with van der Waals surface area (Å²) in [5.74, 6) is 0.842. The molecule has 0 aliphatic heterocycles. The Bertz CT molecular complexity index is 860. The first kappa shape index (κ1) is 12.0. The second-order valence-corrected chi connectivity index (χ2v) is 5.29. The monoisotopic (exact) mass is 275 g/mol. The minimum absolute atomic E-state index is 0.0631. The average Bonchev–Trinajstić information content (AvgIpc) is 3.13. The Hall–Kier alpha value is -2.80. The fourth-order valence-electron chi connectivity index (χ4n) is 2.92. The van der Waals surface area contributed by atoms with Crippen LogP contribution in [0, 0.1) is 11.3 Å². The molecule has 1 heterocycles. The summed E-state index contributed by atoms with van der Waals surface area (Å²) < 4.78 is 6.12. The van der Waals surface area contributed by atoms with Crippen LogP contribution in [-0.4, -0.2) is 10.2 Å². The molecule has 1 atom stereocenters. The van der Waals surface area contributed by atoms with Crippen molar-refractivity contribution in [2.24, 2.45) is 0 Å². The van der Waals surface area contributed by atoms with Crippen molar-refractivity contribution < 1.29 is 4.74 Å². The fraction of sp³-hybridized carbons (Fsp3) is 0.176. The number of nitrogens with zero attached hydrogens (tertiary/aromatic N) is 2. The molecule has 4 nitrogen and oxygen atoms in total. The number of H-pyrrole nitrogens is 1. The topological polar surface area (TPSA) is 61.7 Å². The van der Waals surface area contributed by atoms with Crippen LogP contribution in [0.5, 0.6) is 5.75 Å². The number of benzene rings is 2. The van der Waals surface area contributed by atoms with Gasteiger partial charge >= 0.3 is 0 Å². The number of aromatic amines is 1. The first-order chi connectivity index (χ1) is 10.3. The Morgan fingerprint density at radius 1 is 1.24 bits per heavy atom. The number of nitrogens with one attached hydrogen (secondary N) is 1. The molecule has 3 aromatic rings. The molecule has 1 aromatic heterocycles. The molecule has 2 aromatic carbocycles. The van der Waals surface area contributed by atoms with Crippen LogP contribution in [-0.2, 0) is 6.42 Å². The molecule has 0 amide bonds. The Labute approximate surface area is 122 Å². The maximum absolute atomic E-state index is 8.96. The molecule has 0 saturated heterocycles. The maximum atomic E-state index is 8.96. The number of nitriles is 1. The van der Waals surface area contributed by atoms with Gasteiger partial charge in [-0.1, -0.05) is 6.07 Å². The van der Waals surface area contributed by atoms with Gasteiger partial charge in [0.2, 0.25) is 0 Å². The summed E-state index contributed by atoms with van der Waals surface area (Å²) in [5.41, 5.74) is 4.11. The lowest BCUT2D eigenvalue weighted by atomic mass is 10.1. The minimum atomic E-state index is 0.0631. The molecule has 1 unspecified atom stereocenters. The molecular formula is C17H13N3O. The van der Waals surface area contributed by atoms with E-state index in [1.807, 2.05) is 36.4 Å². The smallest absolute Gasteiger partial charge is 0.124 e. The van der Waals surface area contributed by atoms with Gasteiger partial charge in [-0.05, 0) is 48.2 Å². The number of aryl methyl sites for hydroxylation is 1. The van der Waals surface area contributed by atoms with Crippen molar-refractivity contribution in [2.45, 2.75) is 18.9 Å². The predicted octanol–water partition coefficient (Wildman–Crippen LogP) is 3.50. The normalized spacial score (nSPS) is 16.6. The molecule has 0 radical (unpaired) electrons. The summed E-state index contributed by atoms with van der Waals surface area (Å²) in [7, 11) is 0. The zero-order valence-corrected chi connectivity index (χ0v) is 11.3. The van der Waals surface area contributed by atoms with Gasteiger partial charge in [0, 0.05) is 11.5 Å². The second-order valence-electron chi connectivity index (χ2n) is 5.29. The lowest BCUT2D eigenvalue weighted by Crippen LogP contribution is -2.03. The molecule has 0 fully saturated rings. The summed E-state index contributed by atoms with van der Waals surface area (Å²) in [6, 6.07) is 14.0. The minimum Gasteiger partial charge on any atom is -0.486 e. The number of aromatic nitrogens is 2. The van der Waals surface area contributed by atoms with E-state index in [9.17, 15) is 0 Å². The highest BCUT2D eigenvalue weighted by Gasteiger charge is 2.24. The van der Waals surface area contributed by atoms with Gasteiger partial charge in [0.15, 0.2) is 0 Å². The molecule has 1 aliphatic carbocycles. The molecule has 0 spiro atoms. The van der Waals surface area contributed by atoms with Crippen molar-refractivity contribution in [2.75, 3.05) is 0 Å². The molecule has 0 bridgehead atoms. The van der Waals surface area contributed by atoms with Crippen molar-refractivity contribution in [3.8, 4) is 11.8 Å². The predicted molar refractivity (Wildman–Crippen MR) is 78.9 cm³/mol. The maximum Gasteiger partial charge on any atom is 0.124 e. The van der Waals surface area contributed by atoms with Crippen molar-refractivity contribution >= 4 is 10.9 Å². The Morgan fingerprint density at radius 3 is 3.10 bits per heavy atom. The molecule has 1 N–H and O–H groups in total. The van der Waals surface area contributed by atoms with Crippen LogP contribution in [0.3, 0.4) is 0 Å². The lowest BCUT2D eigenvalue weighted by molar-refractivity contribution is 0.208. The largest absolute Gasteiger partial charge is 0.486 e. The van der Waals surface area contributed by atoms with E-state index in [4.69, 9.17) is 10.00 Å². The zero-order valence-electron chi connectivity index (χ0n) is 11.3. The first-order valence-corrected chi connectivity index (χ1v) is 6.96. The third kappa shape index (κ3) is 2.03. The summed E-state index contributed by atoms with van der Waals surface area (Å²) in [6.07, 6.45) is 3.77. The van der Waals surface area contributed by atoms with Gasteiger partial charge in [-0.15, -0.1) is 0 Å². The summed E-state index contributed by atoms with van der Waals surface area (Å²) in [4.78, 5) is 0. The van der Waals surface area contributed by atoms with Crippen LogP contribution in [0.2, 0.25) is 0 Å². The van der Waals surface area contributed by atoms with Crippen LogP contribution in [0.1, 0.15) is 29.2 Å². The Kier molecular flexibility index (Phi) is 2.65. The number of rotatable bonds is 2. The van der Waals surface area contributed by atoms with Crippen molar-refractivity contribution in [1.29, 1.82) is 5.26 Å². The summed E-state index contributed by atoms with van der Waals surface area (Å²) in [6.45, 7) is 0. The van der Waals surface area contributed by atoms with E-state index >= 15 is 0 Å². The van der Waals surface area contributed by atoms with Crippen LogP contribution < -0.4 is 4.74 Å². The van der Waals surface area contributed by atoms with Crippen molar-refractivity contribution in [3.63, 3.8) is 0 Å². The van der Waals surface area contributed by atoms with E-state index in [0.29, 0.717) is 5.56 Å². The van der Waals surface area contributed by atoms with Gasteiger partial charge in [-0.3, -0.25) is 5.10 Å². The van der Waals surface area contributed by atoms with Gasteiger partial charge in [0.05, 0.1) is 23.3 Å². The summed E-state index contributed by atoms with van der Waals surface area (Å²) in [5, 5.41) is 17.0. The van der Waals surface area contributed by atoms with Gasteiger partial charge in [0.25, 0.3) is 0 Å². The highest BCUT2D eigenvalue weighted by atomic mass is 16.5. The molecule has 0 saturated carbocycles. The van der Waals surface area contributed by atoms with E-state index in [0.717, 1.165) is 29.5 Å². The van der Waals surface area contributed by atoms with Crippen LogP contribution >= 0.6 is 0 Å². The van der Waals surface area contributed by atoms with Gasteiger partial charge < -0.3 is 4.74 Å². The fourth-order valence-corrected chi connectivity index (χ4v) is 2.92. The van der Waals surface area contributed by atoms with Gasteiger partial charge in [-0.25, -0.2) is 0 Å². The number of hydrogen-bond donors (Lipinski definition) is 1. The van der Waals surface area contributed by atoms with Crippen molar-refractivity contribution in [3.05, 3.63) is 59.3 Å². The van der Waals surface area contributed by atoms with E-state index in [-0.39, 0.29) is 6.10 Å². The Morgan fingerprint density at radius 2 is 2.19 bits per heavy atom.